The van der Waals surface area contributed by atoms with Crippen molar-refractivity contribution in [1.29, 1.82) is 0 Å². The molecule has 12 heavy (non-hydrogen) atoms. The molecule has 1 N–H and O–H groups in total. The van der Waals surface area contributed by atoms with Gasteiger partial charge in [0.1, 0.15) is 0 Å². The fourth-order valence-corrected chi connectivity index (χ4v) is 1.71. The lowest BCUT2D eigenvalue weighted by Gasteiger charge is -2.24. The summed E-state index contributed by atoms with van der Waals surface area (Å²) in [4.78, 5) is 15.9. The second-order valence-corrected chi connectivity index (χ2v) is 3.63. The predicted molar refractivity (Wildman–Crippen MR) is 46.3 cm³/mol. The third-order valence-electron chi connectivity index (χ3n) is 2.59. The molecule has 0 aliphatic heterocycles. The number of rotatable bonds is 2. The van der Waals surface area contributed by atoms with E-state index in [0.717, 1.165) is 18.8 Å². The third kappa shape index (κ3) is 2.48. The number of carbonyl (C=O) groups excluding carboxylic acids is 1. The van der Waals surface area contributed by atoms with Crippen LogP contribution in [0.25, 0.3) is 0 Å². The van der Waals surface area contributed by atoms with Gasteiger partial charge in [0, 0.05) is 5.92 Å². The molecule has 0 aromatic carbocycles. The lowest BCUT2D eigenvalue weighted by molar-refractivity contribution is -0.136. The smallest absolute Gasteiger partial charge is 0.246 e. The summed E-state index contributed by atoms with van der Waals surface area (Å²) < 4.78 is 0. The summed E-state index contributed by atoms with van der Waals surface area (Å²) >= 11 is 0. The van der Waals surface area contributed by atoms with Gasteiger partial charge >= 0.3 is 0 Å². The number of hydrogen-bond donors (Lipinski definition) is 1. The van der Waals surface area contributed by atoms with Crippen LogP contribution in [0.4, 0.5) is 0 Å². The first kappa shape index (κ1) is 9.52. The Morgan fingerprint density at radius 2 is 1.92 bits per heavy atom. The standard InChI is InChI=1S/C9H17NO2/c1-7-3-5-8(6-4-7)9(11)10-12-2/h7-8H,3-6H2,1-2H3,(H,10,11)/t7-,8-. The fraction of sp³-hybridized carbons (Fsp3) is 0.889. The predicted octanol–water partition coefficient (Wildman–Crippen LogP) is 1.49. The Bertz CT molecular complexity index is 151. The van der Waals surface area contributed by atoms with E-state index in [0.29, 0.717) is 0 Å². The Labute approximate surface area is 73.4 Å². The first-order chi connectivity index (χ1) is 5.74. The lowest BCUT2D eigenvalue weighted by Crippen LogP contribution is -2.32. The van der Waals surface area contributed by atoms with E-state index < -0.39 is 0 Å². The van der Waals surface area contributed by atoms with E-state index in [1.54, 1.807) is 0 Å². The molecule has 0 spiro atoms. The monoisotopic (exact) mass is 171 g/mol. The van der Waals surface area contributed by atoms with Crippen LogP contribution in [0.5, 0.6) is 0 Å². The van der Waals surface area contributed by atoms with Gasteiger partial charge in [-0.15, -0.1) is 0 Å². The van der Waals surface area contributed by atoms with Crippen LogP contribution in [0.2, 0.25) is 0 Å². The highest BCUT2D eigenvalue weighted by molar-refractivity contribution is 5.77. The molecular weight excluding hydrogens is 154 g/mol. The van der Waals surface area contributed by atoms with E-state index in [2.05, 4.69) is 17.2 Å². The molecule has 1 amide bonds. The SMILES string of the molecule is CONC(=O)[C@H]1CC[C@H](C)CC1. The summed E-state index contributed by atoms with van der Waals surface area (Å²) in [5.74, 6) is 1.02. The minimum Gasteiger partial charge on any atom is -0.277 e. The first-order valence-electron chi connectivity index (χ1n) is 4.57. The van der Waals surface area contributed by atoms with Crippen molar-refractivity contribution in [2.75, 3.05) is 7.11 Å². The molecule has 1 saturated carbocycles. The van der Waals surface area contributed by atoms with Gasteiger partial charge in [-0.25, -0.2) is 5.48 Å². The molecule has 3 heteroatoms. The van der Waals surface area contributed by atoms with Crippen molar-refractivity contribution in [3.05, 3.63) is 0 Å². The molecule has 3 nitrogen and oxygen atoms in total. The zero-order valence-corrected chi connectivity index (χ0v) is 7.80. The average Bonchev–Trinajstić information content (AvgIpc) is 2.06. The van der Waals surface area contributed by atoms with Gasteiger partial charge in [0.05, 0.1) is 7.11 Å². The number of hydroxylamine groups is 1. The quantitative estimate of drug-likeness (QED) is 0.639. The van der Waals surface area contributed by atoms with E-state index in [1.807, 2.05) is 0 Å². The topological polar surface area (TPSA) is 38.3 Å². The van der Waals surface area contributed by atoms with Crippen LogP contribution in [-0.4, -0.2) is 13.0 Å². The molecule has 70 valence electrons. The summed E-state index contributed by atoms with van der Waals surface area (Å²) in [6, 6.07) is 0. The Morgan fingerprint density at radius 1 is 1.33 bits per heavy atom. The van der Waals surface area contributed by atoms with Crippen LogP contribution in [0, 0.1) is 11.8 Å². The highest BCUT2D eigenvalue weighted by atomic mass is 16.6. The van der Waals surface area contributed by atoms with Gasteiger partial charge in [0.15, 0.2) is 0 Å². The zero-order valence-electron chi connectivity index (χ0n) is 7.80. The number of amides is 1. The first-order valence-corrected chi connectivity index (χ1v) is 4.57. The summed E-state index contributed by atoms with van der Waals surface area (Å²) in [7, 11) is 1.48. The number of hydrogen-bond acceptors (Lipinski definition) is 2. The van der Waals surface area contributed by atoms with E-state index in [-0.39, 0.29) is 11.8 Å². The number of carbonyl (C=O) groups is 1. The molecule has 1 fully saturated rings. The van der Waals surface area contributed by atoms with Gasteiger partial charge in [-0.2, -0.15) is 0 Å². The molecule has 0 heterocycles. The molecule has 0 radical (unpaired) electrons. The van der Waals surface area contributed by atoms with Crippen LogP contribution in [-0.2, 0) is 9.63 Å². The van der Waals surface area contributed by atoms with E-state index in [9.17, 15) is 4.79 Å². The second kappa shape index (κ2) is 4.45. The molecule has 1 aliphatic rings. The molecule has 0 aromatic heterocycles. The highest BCUT2D eigenvalue weighted by Crippen LogP contribution is 2.28. The zero-order chi connectivity index (χ0) is 8.97. The van der Waals surface area contributed by atoms with Gasteiger partial charge < -0.3 is 0 Å². The third-order valence-corrected chi connectivity index (χ3v) is 2.59. The Hall–Kier alpha value is -0.570. The molecule has 0 unspecified atom stereocenters. The molecule has 0 bridgehead atoms. The minimum atomic E-state index is 0.0457. The fourth-order valence-electron chi connectivity index (χ4n) is 1.71. The van der Waals surface area contributed by atoms with Crippen molar-refractivity contribution < 1.29 is 9.63 Å². The Morgan fingerprint density at radius 3 is 2.42 bits per heavy atom. The van der Waals surface area contributed by atoms with Crippen molar-refractivity contribution in [3.63, 3.8) is 0 Å². The van der Waals surface area contributed by atoms with Gasteiger partial charge in [-0.05, 0) is 31.6 Å². The van der Waals surface area contributed by atoms with Crippen molar-refractivity contribution in [1.82, 2.24) is 5.48 Å². The van der Waals surface area contributed by atoms with Gasteiger partial charge in [0.2, 0.25) is 5.91 Å². The number of nitrogens with one attached hydrogen (secondary N) is 1. The van der Waals surface area contributed by atoms with Crippen molar-refractivity contribution >= 4 is 5.91 Å². The van der Waals surface area contributed by atoms with Gasteiger partial charge in [-0.3, -0.25) is 9.63 Å². The maximum atomic E-state index is 11.3. The summed E-state index contributed by atoms with van der Waals surface area (Å²) in [6.45, 7) is 2.24. The maximum Gasteiger partial charge on any atom is 0.246 e. The lowest BCUT2D eigenvalue weighted by atomic mass is 9.83. The van der Waals surface area contributed by atoms with Crippen LogP contribution < -0.4 is 5.48 Å². The van der Waals surface area contributed by atoms with Crippen LogP contribution in [0.1, 0.15) is 32.6 Å². The molecule has 1 aliphatic carbocycles. The Balaban J connectivity index is 2.29. The van der Waals surface area contributed by atoms with E-state index in [4.69, 9.17) is 0 Å². The maximum absolute atomic E-state index is 11.3. The molecule has 0 saturated heterocycles. The molecule has 0 aromatic rings. The van der Waals surface area contributed by atoms with Crippen molar-refractivity contribution in [2.45, 2.75) is 32.6 Å². The van der Waals surface area contributed by atoms with Crippen LogP contribution in [0.15, 0.2) is 0 Å². The van der Waals surface area contributed by atoms with Crippen LogP contribution >= 0.6 is 0 Å². The van der Waals surface area contributed by atoms with Crippen molar-refractivity contribution in [2.24, 2.45) is 11.8 Å². The van der Waals surface area contributed by atoms with Crippen LogP contribution in [0.3, 0.4) is 0 Å². The van der Waals surface area contributed by atoms with Crippen molar-refractivity contribution in [3.8, 4) is 0 Å². The van der Waals surface area contributed by atoms with E-state index >= 15 is 0 Å². The summed E-state index contributed by atoms with van der Waals surface area (Å²) in [6.07, 6.45) is 4.36. The normalized spacial score (nSPS) is 29.8. The van der Waals surface area contributed by atoms with Gasteiger partial charge in [0.25, 0.3) is 0 Å². The minimum absolute atomic E-state index is 0.0457. The largest absolute Gasteiger partial charge is 0.277 e. The van der Waals surface area contributed by atoms with Gasteiger partial charge in [-0.1, -0.05) is 6.92 Å². The molecule has 0 atom stereocenters. The highest BCUT2D eigenvalue weighted by Gasteiger charge is 2.23. The average molecular weight is 171 g/mol. The Kier molecular flexibility index (Phi) is 3.53. The molecule has 1 rings (SSSR count). The molecular formula is C9H17NO2. The summed E-state index contributed by atoms with van der Waals surface area (Å²) in [5, 5.41) is 0. The summed E-state index contributed by atoms with van der Waals surface area (Å²) in [5.41, 5.74) is 2.39. The second-order valence-electron chi connectivity index (χ2n) is 3.63. The van der Waals surface area contributed by atoms with E-state index in [1.165, 1.54) is 20.0 Å².